The van der Waals surface area contributed by atoms with Gasteiger partial charge >= 0.3 is 0 Å². The monoisotopic (exact) mass is 315 g/mol. The normalized spacial score (nSPS) is 17.9. The van der Waals surface area contributed by atoms with Crippen LogP contribution in [0.4, 0.5) is 15.8 Å². The Balaban J connectivity index is 1.95. The summed E-state index contributed by atoms with van der Waals surface area (Å²) < 4.78 is 13.8. The Morgan fingerprint density at radius 1 is 1.44 bits per heavy atom. The highest BCUT2D eigenvalue weighted by Gasteiger charge is 2.18. The maximum Gasteiger partial charge on any atom is 0.139 e. The maximum atomic E-state index is 13.4. The molecule has 1 aromatic rings. The zero-order valence-corrected chi connectivity index (χ0v) is 12.1. The molecule has 1 atom stereocenters. The van der Waals surface area contributed by atoms with Crippen LogP contribution < -0.4 is 11.1 Å². The molecule has 1 unspecified atom stereocenters. The van der Waals surface area contributed by atoms with Gasteiger partial charge in [0.2, 0.25) is 0 Å². The number of nitrogen functional groups attached to an aromatic ring is 1. The molecule has 1 heterocycles. The van der Waals surface area contributed by atoms with Crippen molar-refractivity contribution >= 4 is 27.3 Å². The highest BCUT2D eigenvalue weighted by Crippen LogP contribution is 2.26. The summed E-state index contributed by atoms with van der Waals surface area (Å²) in [6.45, 7) is 5.29. The first-order valence-corrected chi connectivity index (χ1v) is 7.09. The number of nitrogens with zero attached hydrogens (tertiary/aromatic N) is 1. The fourth-order valence-electron chi connectivity index (χ4n) is 2.28. The largest absolute Gasteiger partial charge is 0.397 e. The molecule has 2 rings (SSSR count). The molecule has 1 fully saturated rings. The highest BCUT2D eigenvalue weighted by molar-refractivity contribution is 9.10. The van der Waals surface area contributed by atoms with Gasteiger partial charge in [0, 0.05) is 18.7 Å². The number of rotatable bonds is 4. The van der Waals surface area contributed by atoms with Gasteiger partial charge in [0.1, 0.15) is 5.82 Å². The van der Waals surface area contributed by atoms with Crippen LogP contribution in [0.25, 0.3) is 0 Å². The lowest BCUT2D eigenvalue weighted by molar-refractivity contribution is 0.269. The van der Waals surface area contributed by atoms with Gasteiger partial charge in [0.15, 0.2) is 0 Å². The minimum absolute atomic E-state index is 0.291. The molecule has 0 radical (unpaired) electrons. The molecule has 0 aliphatic carbocycles. The fraction of sp³-hybridized carbons (Fsp3) is 0.538. The molecule has 1 aromatic carbocycles. The number of nitrogens with two attached hydrogens (primary N) is 1. The molecule has 100 valence electrons. The Labute approximate surface area is 116 Å². The van der Waals surface area contributed by atoms with E-state index in [1.807, 2.05) is 0 Å². The second-order valence-electron chi connectivity index (χ2n) is 4.83. The van der Waals surface area contributed by atoms with Crippen molar-refractivity contribution < 1.29 is 4.39 Å². The molecule has 1 aliphatic heterocycles. The Bertz CT molecular complexity index is 419. The molecular weight excluding hydrogens is 297 g/mol. The van der Waals surface area contributed by atoms with E-state index >= 15 is 0 Å². The predicted octanol–water partition coefficient (Wildman–Crippen LogP) is 3.07. The average molecular weight is 316 g/mol. The van der Waals surface area contributed by atoms with Gasteiger partial charge in [-0.1, -0.05) is 0 Å². The number of benzene rings is 1. The smallest absolute Gasteiger partial charge is 0.139 e. The van der Waals surface area contributed by atoms with Crippen molar-refractivity contribution in [1.29, 1.82) is 0 Å². The molecule has 0 spiro atoms. The van der Waals surface area contributed by atoms with E-state index in [0.717, 1.165) is 19.6 Å². The molecule has 0 amide bonds. The highest BCUT2D eigenvalue weighted by atomic mass is 79.9. The third-order valence-corrected chi connectivity index (χ3v) is 4.05. The van der Waals surface area contributed by atoms with Crippen molar-refractivity contribution in [3.8, 4) is 0 Å². The Morgan fingerprint density at radius 3 is 2.78 bits per heavy atom. The van der Waals surface area contributed by atoms with Crippen molar-refractivity contribution in [2.24, 2.45) is 0 Å². The number of anilines is 2. The van der Waals surface area contributed by atoms with Crippen molar-refractivity contribution in [3.63, 3.8) is 0 Å². The SMILES string of the molecule is CC(CNc1cc(F)c(Br)cc1N)N1CCCC1. The second-order valence-corrected chi connectivity index (χ2v) is 5.68. The van der Waals surface area contributed by atoms with E-state index in [-0.39, 0.29) is 5.82 Å². The molecule has 1 saturated heterocycles. The van der Waals surface area contributed by atoms with Crippen LogP contribution in [0.2, 0.25) is 0 Å². The van der Waals surface area contributed by atoms with Crippen molar-refractivity contribution in [2.45, 2.75) is 25.8 Å². The first-order valence-electron chi connectivity index (χ1n) is 6.30. The third-order valence-electron chi connectivity index (χ3n) is 3.44. The lowest BCUT2D eigenvalue weighted by atomic mass is 10.2. The summed E-state index contributed by atoms with van der Waals surface area (Å²) >= 11 is 3.12. The summed E-state index contributed by atoms with van der Waals surface area (Å²) in [6.07, 6.45) is 2.55. The summed E-state index contributed by atoms with van der Waals surface area (Å²) in [4.78, 5) is 2.44. The first-order chi connectivity index (χ1) is 8.58. The van der Waals surface area contributed by atoms with E-state index in [9.17, 15) is 4.39 Å². The molecular formula is C13H19BrFN3. The average Bonchev–Trinajstić information content (AvgIpc) is 2.85. The van der Waals surface area contributed by atoms with E-state index in [4.69, 9.17) is 5.73 Å². The van der Waals surface area contributed by atoms with Gasteiger partial charge in [-0.25, -0.2) is 4.39 Å². The van der Waals surface area contributed by atoms with E-state index in [1.165, 1.54) is 18.9 Å². The molecule has 0 bridgehead atoms. The topological polar surface area (TPSA) is 41.3 Å². The summed E-state index contributed by atoms with van der Waals surface area (Å²) in [6, 6.07) is 3.48. The zero-order chi connectivity index (χ0) is 13.1. The lowest BCUT2D eigenvalue weighted by Crippen LogP contribution is -2.35. The molecule has 1 aliphatic rings. The Morgan fingerprint density at radius 2 is 2.11 bits per heavy atom. The standard InChI is InChI=1S/C13H19BrFN3/c1-9(18-4-2-3-5-18)8-17-13-7-11(15)10(14)6-12(13)16/h6-7,9,17H,2-5,8,16H2,1H3. The molecule has 5 heteroatoms. The minimum atomic E-state index is -0.291. The number of hydrogen-bond donors (Lipinski definition) is 2. The molecule has 0 aromatic heterocycles. The quantitative estimate of drug-likeness (QED) is 0.839. The van der Waals surface area contributed by atoms with Gasteiger partial charge in [0.05, 0.1) is 15.8 Å². The Hall–Kier alpha value is -0.810. The van der Waals surface area contributed by atoms with Gasteiger partial charge in [-0.15, -0.1) is 0 Å². The van der Waals surface area contributed by atoms with Crippen LogP contribution in [0.3, 0.4) is 0 Å². The minimum Gasteiger partial charge on any atom is -0.397 e. The summed E-state index contributed by atoms with van der Waals surface area (Å²) in [5.41, 5.74) is 7.09. The van der Waals surface area contributed by atoms with E-state index < -0.39 is 0 Å². The second kappa shape index (κ2) is 5.89. The summed E-state index contributed by atoms with van der Waals surface area (Å²) in [5, 5.41) is 3.23. The summed E-state index contributed by atoms with van der Waals surface area (Å²) in [5.74, 6) is -0.291. The molecule has 18 heavy (non-hydrogen) atoms. The van der Waals surface area contributed by atoms with Crippen LogP contribution in [-0.4, -0.2) is 30.6 Å². The van der Waals surface area contributed by atoms with Crippen LogP contribution in [0.1, 0.15) is 19.8 Å². The number of nitrogens with one attached hydrogen (secondary N) is 1. The van der Waals surface area contributed by atoms with E-state index in [2.05, 4.69) is 33.1 Å². The van der Waals surface area contributed by atoms with Crippen LogP contribution in [0, 0.1) is 5.82 Å². The van der Waals surface area contributed by atoms with Crippen LogP contribution in [-0.2, 0) is 0 Å². The van der Waals surface area contributed by atoms with Crippen LogP contribution >= 0.6 is 15.9 Å². The molecule has 3 N–H and O–H groups in total. The maximum absolute atomic E-state index is 13.4. The van der Waals surface area contributed by atoms with Gasteiger partial charge in [0.25, 0.3) is 0 Å². The van der Waals surface area contributed by atoms with Crippen molar-refractivity contribution in [1.82, 2.24) is 4.90 Å². The summed E-state index contributed by atoms with van der Waals surface area (Å²) in [7, 11) is 0. The fourth-order valence-corrected chi connectivity index (χ4v) is 2.65. The van der Waals surface area contributed by atoms with Gasteiger partial charge < -0.3 is 11.1 Å². The third kappa shape index (κ3) is 3.14. The number of halogens is 2. The number of hydrogen-bond acceptors (Lipinski definition) is 3. The van der Waals surface area contributed by atoms with Crippen molar-refractivity contribution in [3.05, 3.63) is 22.4 Å². The van der Waals surface area contributed by atoms with Crippen molar-refractivity contribution in [2.75, 3.05) is 30.7 Å². The van der Waals surface area contributed by atoms with Gasteiger partial charge in [-0.3, -0.25) is 4.90 Å². The Kier molecular flexibility index (Phi) is 4.45. The van der Waals surface area contributed by atoms with E-state index in [1.54, 1.807) is 6.07 Å². The first kappa shape index (κ1) is 13.6. The van der Waals surface area contributed by atoms with Crippen LogP contribution in [0.5, 0.6) is 0 Å². The van der Waals surface area contributed by atoms with E-state index in [0.29, 0.717) is 21.9 Å². The lowest BCUT2D eigenvalue weighted by Gasteiger charge is -2.24. The van der Waals surface area contributed by atoms with Gasteiger partial charge in [-0.05, 0) is 54.9 Å². The van der Waals surface area contributed by atoms with Crippen LogP contribution in [0.15, 0.2) is 16.6 Å². The number of likely N-dealkylation sites (tertiary alicyclic amines) is 1. The predicted molar refractivity (Wildman–Crippen MR) is 77.3 cm³/mol. The molecule has 0 saturated carbocycles. The molecule has 3 nitrogen and oxygen atoms in total. The zero-order valence-electron chi connectivity index (χ0n) is 10.5. The van der Waals surface area contributed by atoms with Gasteiger partial charge in [-0.2, -0.15) is 0 Å².